The Morgan fingerprint density at radius 2 is 1.88 bits per heavy atom. The molecule has 0 saturated heterocycles. The van der Waals surface area contributed by atoms with E-state index in [-0.39, 0.29) is 6.03 Å². The number of carbonyl (C=O) groups excluding carboxylic acids is 1. The van der Waals surface area contributed by atoms with E-state index in [0.29, 0.717) is 0 Å². The summed E-state index contributed by atoms with van der Waals surface area (Å²) in [6.45, 7) is 11.6. The lowest BCUT2D eigenvalue weighted by molar-refractivity contribution is 0.252. The third-order valence-corrected chi connectivity index (χ3v) is 5.19. The number of nitrogens with zero attached hydrogens (tertiary/aromatic N) is 1. The number of aryl methyl sites for hydroxylation is 1. The van der Waals surface area contributed by atoms with Crippen LogP contribution in [0.15, 0.2) is 6.07 Å². The molecule has 1 heterocycles. The third-order valence-electron chi connectivity index (χ3n) is 5.19. The van der Waals surface area contributed by atoms with Crippen molar-refractivity contribution in [2.24, 2.45) is 0 Å². The van der Waals surface area contributed by atoms with Crippen LogP contribution in [-0.4, -0.2) is 25.7 Å². The number of urea groups is 1. The number of unbranched alkanes of at least 4 members (excludes halogenated alkanes) is 4. The zero-order chi connectivity index (χ0) is 18.2. The van der Waals surface area contributed by atoms with Crippen LogP contribution in [0.3, 0.4) is 0 Å². The number of benzene rings is 1. The summed E-state index contributed by atoms with van der Waals surface area (Å²) in [7, 11) is 0. The van der Waals surface area contributed by atoms with E-state index in [1.807, 2.05) is 0 Å². The Morgan fingerprint density at radius 3 is 2.60 bits per heavy atom. The highest BCUT2D eigenvalue weighted by molar-refractivity contribution is 5.92. The summed E-state index contributed by atoms with van der Waals surface area (Å²) in [5.74, 6) is 0. The first-order chi connectivity index (χ1) is 12.1. The number of rotatable bonds is 9. The van der Waals surface area contributed by atoms with Crippen LogP contribution in [0, 0.1) is 13.8 Å². The lowest BCUT2D eigenvalue weighted by Crippen LogP contribution is -2.30. The van der Waals surface area contributed by atoms with Crippen LogP contribution >= 0.6 is 0 Å². The van der Waals surface area contributed by atoms with Crippen LogP contribution in [0.4, 0.5) is 16.2 Å². The SMILES string of the molecule is CCCCCCN1CCc2c1cc(C)c(NC(=O)NCCCC)c2C. The Morgan fingerprint density at radius 1 is 1.12 bits per heavy atom. The normalized spacial score (nSPS) is 13.0. The van der Waals surface area contributed by atoms with Gasteiger partial charge in [0.05, 0.1) is 0 Å². The van der Waals surface area contributed by atoms with Crippen molar-refractivity contribution < 1.29 is 4.79 Å². The number of hydrogen-bond acceptors (Lipinski definition) is 2. The standard InChI is InChI=1S/C21H35N3O/c1-5-7-9-10-13-24-14-11-18-17(4)20(16(3)15-19(18)24)23-21(25)22-12-8-6-2/h15H,5-14H2,1-4H3,(H2,22,23,25). The Hall–Kier alpha value is -1.71. The second-order valence-corrected chi connectivity index (χ2v) is 7.22. The highest BCUT2D eigenvalue weighted by atomic mass is 16.2. The van der Waals surface area contributed by atoms with Crippen LogP contribution in [0.2, 0.25) is 0 Å². The number of amides is 2. The molecule has 2 rings (SSSR count). The molecule has 0 radical (unpaired) electrons. The molecule has 0 bridgehead atoms. The van der Waals surface area contributed by atoms with Gasteiger partial charge in [0.1, 0.15) is 0 Å². The van der Waals surface area contributed by atoms with E-state index in [9.17, 15) is 4.79 Å². The van der Waals surface area contributed by atoms with Gasteiger partial charge < -0.3 is 15.5 Å². The van der Waals surface area contributed by atoms with E-state index < -0.39 is 0 Å². The number of nitrogens with one attached hydrogen (secondary N) is 2. The van der Waals surface area contributed by atoms with Crippen molar-refractivity contribution in [1.29, 1.82) is 0 Å². The zero-order valence-corrected chi connectivity index (χ0v) is 16.5. The van der Waals surface area contributed by atoms with Gasteiger partial charge in [0.25, 0.3) is 0 Å². The fourth-order valence-electron chi connectivity index (χ4n) is 3.66. The fraction of sp³-hybridized carbons (Fsp3) is 0.667. The first-order valence-corrected chi connectivity index (χ1v) is 10.0. The topological polar surface area (TPSA) is 44.4 Å². The number of carbonyl (C=O) groups is 1. The molecule has 2 N–H and O–H groups in total. The molecule has 4 nitrogen and oxygen atoms in total. The lowest BCUT2D eigenvalue weighted by atomic mass is 10.00. The molecule has 1 aliphatic rings. The summed E-state index contributed by atoms with van der Waals surface area (Å²) in [6, 6.07) is 2.17. The minimum absolute atomic E-state index is 0.0889. The first-order valence-electron chi connectivity index (χ1n) is 10.0. The van der Waals surface area contributed by atoms with Gasteiger partial charge in [-0.1, -0.05) is 39.5 Å². The number of fused-ring (bicyclic) bond motifs is 1. The van der Waals surface area contributed by atoms with Gasteiger partial charge in [0.2, 0.25) is 0 Å². The molecule has 1 aromatic rings. The third kappa shape index (κ3) is 5.13. The summed E-state index contributed by atoms with van der Waals surface area (Å²) in [5.41, 5.74) is 6.16. The molecule has 0 saturated carbocycles. The molecule has 0 fully saturated rings. The maximum atomic E-state index is 12.1. The minimum atomic E-state index is -0.0889. The summed E-state index contributed by atoms with van der Waals surface area (Å²) in [4.78, 5) is 14.7. The van der Waals surface area contributed by atoms with Gasteiger partial charge in [-0.15, -0.1) is 0 Å². The van der Waals surface area contributed by atoms with Gasteiger partial charge in [0.15, 0.2) is 0 Å². The van der Waals surface area contributed by atoms with Crippen LogP contribution in [0.1, 0.15) is 69.1 Å². The molecule has 1 aromatic carbocycles. The Bertz CT molecular complexity index is 583. The molecule has 0 unspecified atom stereocenters. The van der Waals surface area contributed by atoms with Crippen molar-refractivity contribution >= 4 is 17.4 Å². The molecular weight excluding hydrogens is 310 g/mol. The molecule has 1 aliphatic heterocycles. The Balaban J connectivity index is 2.04. The van der Waals surface area contributed by atoms with Crippen LogP contribution in [0.25, 0.3) is 0 Å². The monoisotopic (exact) mass is 345 g/mol. The molecule has 2 amide bonds. The average Bonchev–Trinajstić information content (AvgIpc) is 2.98. The van der Waals surface area contributed by atoms with Crippen molar-refractivity contribution in [2.45, 2.75) is 72.6 Å². The zero-order valence-electron chi connectivity index (χ0n) is 16.5. The average molecular weight is 346 g/mol. The summed E-state index contributed by atoms with van der Waals surface area (Å²) < 4.78 is 0. The van der Waals surface area contributed by atoms with E-state index in [4.69, 9.17) is 0 Å². The number of hydrogen-bond donors (Lipinski definition) is 2. The predicted octanol–water partition coefficient (Wildman–Crippen LogP) is 5.17. The summed E-state index contributed by atoms with van der Waals surface area (Å²) >= 11 is 0. The van der Waals surface area contributed by atoms with Crippen LogP contribution in [-0.2, 0) is 6.42 Å². The van der Waals surface area contributed by atoms with E-state index in [2.05, 4.69) is 49.3 Å². The maximum Gasteiger partial charge on any atom is 0.319 e. The van der Waals surface area contributed by atoms with Crippen molar-refractivity contribution in [3.8, 4) is 0 Å². The summed E-state index contributed by atoms with van der Waals surface area (Å²) in [6.07, 6.45) is 8.39. The number of anilines is 2. The van der Waals surface area contributed by atoms with Gasteiger partial charge in [-0.3, -0.25) is 0 Å². The summed E-state index contributed by atoms with van der Waals surface area (Å²) in [5, 5.41) is 6.02. The quantitative estimate of drug-likeness (QED) is 0.607. The van der Waals surface area contributed by atoms with Crippen molar-refractivity contribution in [1.82, 2.24) is 5.32 Å². The minimum Gasteiger partial charge on any atom is -0.371 e. The van der Waals surface area contributed by atoms with Crippen molar-refractivity contribution in [3.05, 3.63) is 22.8 Å². The van der Waals surface area contributed by atoms with E-state index in [0.717, 1.165) is 50.1 Å². The second kappa shape index (κ2) is 9.69. The molecule has 0 atom stereocenters. The van der Waals surface area contributed by atoms with E-state index in [1.165, 1.54) is 42.5 Å². The maximum absolute atomic E-state index is 12.1. The largest absolute Gasteiger partial charge is 0.371 e. The van der Waals surface area contributed by atoms with Gasteiger partial charge in [-0.25, -0.2) is 4.79 Å². The van der Waals surface area contributed by atoms with E-state index >= 15 is 0 Å². The van der Waals surface area contributed by atoms with Crippen LogP contribution in [0.5, 0.6) is 0 Å². The molecule has 0 aromatic heterocycles. The molecule has 25 heavy (non-hydrogen) atoms. The second-order valence-electron chi connectivity index (χ2n) is 7.22. The first kappa shape index (κ1) is 19.6. The van der Waals surface area contributed by atoms with Crippen LogP contribution < -0.4 is 15.5 Å². The molecule has 0 spiro atoms. The van der Waals surface area contributed by atoms with Gasteiger partial charge in [-0.05, 0) is 55.9 Å². The smallest absolute Gasteiger partial charge is 0.319 e. The highest BCUT2D eigenvalue weighted by Gasteiger charge is 2.23. The lowest BCUT2D eigenvalue weighted by Gasteiger charge is -2.22. The highest BCUT2D eigenvalue weighted by Crippen LogP contribution is 2.37. The van der Waals surface area contributed by atoms with Crippen molar-refractivity contribution in [2.75, 3.05) is 29.9 Å². The molecular formula is C21H35N3O. The molecule has 140 valence electrons. The fourth-order valence-corrected chi connectivity index (χ4v) is 3.66. The van der Waals surface area contributed by atoms with Crippen molar-refractivity contribution in [3.63, 3.8) is 0 Å². The Labute approximate surface area is 153 Å². The molecule has 0 aliphatic carbocycles. The van der Waals surface area contributed by atoms with Gasteiger partial charge in [0, 0.05) is 31.0 Å². The molecule has 4 heteroatoms. The van der Waals surface area contributed by atoms with Gasteiger partial charge >= 0.3 is 6.03 Å². The Kier molecular flexibility index (Phi) is 7.60. The van der Waals surface area contributed by atoms with E-state index in [1.54, 1.807) is 0 Å². The van der Waals surface area contributed by atoms with Gasteiger partial charge in [-0.2, -0.15) is 0 Å². The predicted molar refractivity (Wildman–Crippen MR) is 108 cm³/mol.